The zero-order valence-corrected chi connectivity index (χ0v) is 15.9. The molecule has 3 rings (SSSR count). The van der Waals surface area contributed by atoms with Crippen LogP contribution in [0.4, 0.5) is 18.9 Å². The highest BCUT2D eigenvalue weighted by Gasteiger charge is 2.34. The summed E-state index contributed by atoms with van der Waals surface area (Å²) in [5.41, 5.74) is -0.881. The first-order chi connectivity index (χ1) is 13.1. The summed E-state index contributed by atoms with van der Waals surface area (Å²) in [4.78, 5) is 12.6. The molecule has 1 fully saturated rings. The maximum atomic E-state index is 13.1. The van der Waals surface area contributed by atoms with Crippen molar-refractivity contribution in [3.05, 3.63) is 59.2 Å². The largest absolute Gasteiger partial charge is 0.418 e. The van der Waals surface area contributed by atoms with Crippen LogP contribution in [0, 0.1) is 6.92 Å². The molecule has 0 saturated carbocycles. The van der Waals surface area contributed by atoms with E-state index in [1.54, 1.807) is 6.92 Å². The van der Waals surface area contributed by atoms with Gasteiger partial charge in [0, 0.05) is 18.7 Å². The van der Waals surface area contributed by atoms with Crippen molar-refractivity contribution in [3.63, 3.8) is 0 Å². The first kappa shape index (κ1) is 20.3. The van der Waals surface area contributed by atoms with E-state index in [1.165, 1.54) is 34.6 Å². The molecule has 5 nitrogen and oxygen atoms in total. The van der Waals surface area contributed by atoms with E-state index in [2.05, 4.69) is 5.32 Å². The number of hydrogen-bond donors (Lipinski definition) is 1. The molecule has 9 heteroatoms. The monoisotopic (exact) mass is 412 g/mol. The van der Waals surface area contributed by atoms with Crippen LogP contribution in [-0.2, 0) is 16.2 Å². The number of alkyl halides is 3. The zero-order chi connectivity index (χ0) is 20.5. The Morgan fingerprint density at radius 1 is 1.07 bits per heavy atom. The summed E-state index contributed by atoms with van der Waals surface area (Å²) in [6, 6.07) is 8.74. The highest BCUT2D eigenvalue weighted by Crippen LogP contribution is 2.35. The van der Waals surface area contributed by atoms with E-state index in [-0.39, 0.29) is 16.1 Å². The summed E-state index contributed by atoms with van der Waals surface area (Å²) in [6.45, 7) is 2.42. The molecule has 1 amide bonds. The van der Waals surface area contributed by atoms with E-state index >= 15 is 0 Å². The lowest BCUT2D eigenvalue weighted by atomic mass is 10.1. The average molecular weight is 412 g/mol. The van der Waals surface area contributed by atoms with Gasteiger partial charge >= 0.3 is 6.18 Å². The number of rotatable bonds is 4. The Morgan fingerprint density at radius 2 is 1.71 bits per heavy atom. The van der Waals surface area contributed by atoms with Crippen LogP contribution in [0.1, 0.15) is 34.3 Å². The van der Waals surface area contributed by atoms with Crippen LogP contribution in [0.3, 0.4) is 0 Å². The number of nitrogens with one attached hydrogen (secondary N) is 1. The Kier molecular flexibility index (Phi) is 5.49. The van der Waals surface area contributed by atoms with Crippen LogP contribution in [0.2, 0.25) is 0 Å². The number of nitrogens with zero attached hydrogens (tertiary/aromatic N) is 1. The molecule has 0 radical (unpaired) electrons. The number of benzene rings is 2. The molecule has 1 heterocycles. The van der Waals surface area contributed by atoms with Gasteiger partial charge in [-0.05, 0) is 49.6 Å². The number of halogens is 3. The van der Waals surface area contributed by atoms with Crippen molar-refractivity contribution in [1.82, 2.24) is 4.31 Å². The summed E-state index contributed by atoms with van der Waals surface area (Å²) >= 11 is 0. The lowest BCUT2D eigenvalue weighted by Crippen LogP contribution is -2.28. The number of carbonyl (C=O) groups excluding carboxylic acids is 1. The fraction of sp³-hybridized carbons (Fsp3) is 0.316. The van der Waals surface area contributed by atoms with Gasteiger partial charge in [-0.2, -0.15) is 17.5 Å². The highest BCUT2D eigenvalue weighted by molar-refractivity contribution is 7.89. The molecular weight excluding hydrogens is 393 g/mol. The normalized spacial score (nSPS) is 15.6. The Balaban J connectivity index is 1.93. The van der Waals surface area contributed by atoms with Crippen molar-refractivity contribution in [2.75, 3.05) is 18.4 Å². The number of carbonyl (C=O) groups is 1. The third kappa shape index (κ3) is 4.05. The number of para-hydroxylation sites is 1. The van der Waals surface area contributed by atoms with Crippen LogP contribution in [0.25, 0.3) is 0 Å². The smallest absolute Gasteiger partial charge is 0.321 e. The molecule has 2 aromatic carbocycles. The predicted octanol–water partition coefficient (Wildman–Crippen LogP) is 4.05. The van der Waals surface area contributed by atoms with Crippen molar-refractivity contribution in [1.29, 1.82) is 0 Å². The van der Waals surface area contributed by atoms with Crippen molar-refractivity contribution in [2.45, 2.75) is 30.8 Å². The molecule has 0 bridgehead atoms. The molecule has 28 heavy (non-hydrogen) atoms. The van der Waals surface area contributed by atoms with E-state index in [0.29, 0.717) is 18.7 Å². The Bertz CT molecular complexity index is 998. The van der Waals surface area contributed by atoms with Gasteiger partial charge in [-0.3, -0.25) is 4.79 Å². The maximum absolute atomic E-state index is 13.1. The number of aryl methyl sites for hydroxylation is 1. The minimum atomic E-state index is -4.63. The van der Waals surface area contributed by atoms with Gasteiger partial charge in [-0.15, -0.1) is 0 Å². The van der Waals surface area contributed by atoms with Gasteiger partial charge in [-0.25, -0.2) is 8.42 Å². The fourth-order valence-corrected chi connectivity index (χ4v) is 4.66. The minimum absolute atomic E-state index is 0.0113. The second kappa shape index (κ2) is 7.56. The van der Waals surface area contributed by atoms with Crippen LogP contribution in [0.5, 0.6) is 0 Å². The summed E-state index contributed by atoms with van der Waals surface area (Å²) in [5, 5.41) is 2.26. The third-order valence-electron chi connectivity index (χ3n) is 4.64. The molecule has 0 unspecified atom stereocenters. The fourth-order valence-electron chi connectivity index (χ4n) is 3.11. The number of anilines is 1. The summed E-state index contributed by atoms with van der Waals surface area (Å²) in [7, 11) is -3.74. The standard InChI is InChI=1S/C19H19F3N2O3S/c1-13-8-9-14(28(26,27)24-10-4-5-11-24)12-15(13)18(25)23-17-7-3-2-6-16(17)19(20,21)22/h2-3,6-9,12H,4-5,10-11H2,1H3,(H,23,25). The first-order valence-corrected chi connectivity index (χ1v) is 10.1. The lowest BCUT2D eigenvalue weighted by molar-refractivity contribution is -0.136. The third-order valence-corrected chi connectivity index (χ3v) is 6.53. The van der Waals surface area contributed by atoms with Crippen molar-refractivity contribution in [3.8, 4) is 0 Å². The van der Waals surface area contributed by atoms with E-state index in [9.17, 15) is 26.4 Å². The molecule has 0 spiro atoms. The summed E-state index contributed by atoms with van der Waals surface area (Å²) < 4.78 is 66.2. The predicted molar refractivity (Wildman–Crippen MR) is 98.6 cm³/mol. The van der Waals surface area contributed by atoms with E-state index in [0.717, 1.165) is 25.0 Å². The Morgan fingerprint density at radius 3 is 2.36 bits per heavy atom. The molecule has 1 N–H and O–H groups in total. The van der Waals surface area contributed by atoms with Crippen LogP contribution < -0.4 is 5.32 Å². The van der Waals surface area contributed by atoms with Crippen LogP contribution in [-0.4, -0.2) is 31.7 Å². The molecule has 1 aliphatic rings. The molecule has 0 aliphatic carbocycles. The molecule has 150 valence electrons. The quantitative estimate of drug-likeness (QED) is 0.824. The second-order valence-corrected chi connectivity index (χ2v) is 8.52. The summed E-state index contributed by atoms with van der Waals surface area (Å²) in [5.74, 6) is -0.798. The molecular formula is C19H19F3N2O3S. The zero-order valence-electron chi connectivity index (χ0n) is 15.1. The van der Waals surface area contributed by atoms with Crippen molar-refractivity contribution >= 4 is 21.6 Å². The van der Waals surface area contributed by atoms with E-state index in [4.69, 9.17) is 0 Å². The molecule has 0 atom stereocenters. The van der Waals surface area contributed by atoms with E-state index in [1.807, 2.05) is 0 Å². The topological polar surface area (TPSA) is 66.5 Å². The SMILES string of the molecule is Cc1ccc(S(=O)(=O)N2CCCC2)cc1C(=O)Nc1ccccc1C(F)(F)F. The molecule has 1 saturated heterocycles. The van der Waals surface area contributed by atoms with Crippen LogP contribution >= 0.6 is 0 Å². The number of hydrogen-bond acceptors (Lipinski definition) is 3. The second-order valence-electron chi connectivity index (χ2n) is 6.59. The summed E-state index contributed by atoms with van der Waals surface area (Å²) in [6.07, 6.45) is -3.08. The first-order valence-electron chi connectivity index (χ1n) is 8.69. The minimum Gasteiger partial charge on any atom is -0.321 e. The van der Waals surface area contributed by atoms with Crippen molar-refractivity contribution < 1.29 is 26.4 Å². The van der Waals surface area contributed by atoms with Gasteiger partial charge in [0.2, 0.25) is 10.0 Å². The number of amides is 1. The van der Waals surface area contributed by atoms with Gasteiger partial charge in [0.15, 0.2) is 0 Å². The van der Waals surface area contributed by atoms with Gasteiger partial charge in [0.25, 0.3) is 5.91 Å². The molecule has 2 aromatic rings. The average Bonchev–Trinajstić information content (AvgIpc) is 3.17. The maximum Gasteiger partial charge on any atom is 0.418 e. The Labute approximate surface area is 161 Å². The van der Waals surface area contributed by atoms with Gasteiger partial charge < -0.3 is 5.32 Å². The number of sulfonamides is 1. The molecule has 1 aliphatic heterocycles. The van der Waals surface area contributed by atoms with E-state index < -0.39 is 27.7 Å². The van der Waals surface area contributed by atoms with Gasteiger partial charge in [0.05, 0.1) is 16.1 Å². The highest BCUT2D eigenvalue weighted by atomic mass is 32.2. The van der Waals surface area contributed by atoms with Crippen molar-refractivity contribution in [2.24, 2.45) is 0 Å². The Hall–Kier alpha value is -2.39. The van der Waals surface area contributed by atoms with Crippen LogP contribution in [0.15, 0.2) is 47.4 Å². The van der Waals surface area contributed by atoms with Gasteiger partial charge in [0.1, 0.15) is 0 Å². The van der Waals surface area contributed by atoms with Gasteiger partial charge in [-0.1, -0.05) is 18.2 Å². The lowest BCUT2D eigenvalue weighted by Gasteiger charge is -2.17. The molecule has 0 aromatic heterocycles.